The molecule has 1 heteroatoms. The quantitative estimate of drug-likeness (QED) is 0.371. The third-order valence-electron chi connectivity index (χ3n) is 2.28. The predicted octanol–water partition coefficient (Wildman–Crippen LogP) is 3.80. The summed E-state index contributed by atoms with van der Waals surface area (Å²) in [6, 6.07) is 0. The molecular weight excluding hydrogens is 160 g/mol. The zero-order valence-electron chi connectivity index (χ0n) is 8.63. The van der Waals surface area contributed by atoms with Gasteiger partial charge in [-0.15, -0.1) is 0 Å². The fraction of sp³-hybridized carbons (Fsp3) is 0.833. The molecule has 2 radical (unpaired) electrons. The molecule has 0 saturated heterocycles. The van der Waals surface area contributed by atoms with Gasteiger partial charge in [-0.25, -0.2) is 0 Å². The van der Waals surface area contributed by atoms with E-state index in [1.54, 1.807) is 0 Å². The largest absolute Gasteiger partial charge is 0.303 e. The average Bonchev–Trinajstić information content (AvgIpc) is 2.16. The fourth-order valence-electron chi connectivity index (χ4n) is 1.43. The normalized spacial score (nSPS) is 10.2. The molecule has 0 aromatic carbocycles. The Balaban J connectivity index is 2.79. The van der Waals surface area contributed by atoms with Gasteiger partial charge in [-0.3, -0.25) is 0 Å². The Kier molecular flexibility index (Phi) is 11.4. The molecule has 0 aromatic heterocycles. The molecule has 1 nitrogen and oxygen atoms in total. The van der Waals surface area contributed by atoms with Crippen molar-refractivity contribution in [3.05, 3.63) is 6.92 Å². The van der Waals surface area contributed by atoms with E-state index in [2.05, 4.69) is 0 Å². The van der Waals surface area contributed by atoms with Crippen LogP contribution in [0.25, 0.3) is 0 Å². The number of carbonyl (C=O) groups is 1. The van der Waals surface area contributed by atoms with Crippen LogP contribution in [-0.4, -0.2) is 6.29 Å². The predicted molar refractivity (Wildman–Crippen MR) is 56.5 cm³/mol. The lowest BCUT2D eigenvalue weighted by atomic mass is 10.1. The van der Waals surface area contributed by atoms with Crippen molar-refractivity contribution in [3.8, 4) is 0 Å². The zero-order valence-corrected chi connectivity index (χ0v) is 8.63. The summed E-state index contributed by atoms with van der Waals surface area (Å²) in [4.78, 5) is 10.0. The molecule has 0 aliphatic rings. The van der Waals surface area contributed by atoms with Crippen LogP contribution in [0.15, 0.2) is 0 Å². The minimum atomic E-state index is 0.743. The van der Waals surface area contributed by atoms with Gasteiger partial charge in [-0.1, -0.05) is 44.9 Å². The van der Waals surface area contributed by atoms with Gasteiger partial charge in [0.15, 0.2) is 0 Å². The molecule has 0 bridgehead atoms. The number of unbranched alkanes of at least 4 members (excludes halogenated alkanes) is 9. The van der Waals surface area contributed by atoms with Crippen molar-refractivity contribution in [1.29, 1.82) is 0 Å². The van der Waals surface area contributed by atoms with Crippen LogP contribution in [0.2, 0.25) is 0 Å². The molecule has 0 saturated carbocycles. The Morgan fingerprint density at radius 3 is 1.69 bits per heavy atom. The van der Waals surface area contributed by atoms with E-state index in [1.165, 1.54) is 44.9 Å². The number of rotatable bonds is 10. The van der Waals surface area contributed by atoms with Gasteiger partial charge >= 0.3 is 0 Å². The van der Waals surface area contributed by atoms with Crippen LogP contribution in [0.3, 0.4) is 0 Å². The first-order valence-corrected chi connectivity index (χ1v) is 5.55. The lowest BCUT2D eigenvalue weighted by Gasteiger charge is -1.99. The molecule has 0 fully saturated rings. The topological polar surface area (TPSA) is 17.1 Å². The van der Waals surface area contributed by atoms with Crippen LogP contribution in [-0.2, 0) is 4.79 Å². The Hall–Kier alpha value is -0.330. The summed E-state index contributed by atoms with van der Waals surface area (Å²) in [6.07, 6.45) is 12.6. The van der Waals surface area contributed by atoms with E-state index in [0.29, 0.717) is 0 Å². The van der Waals surface area contributed by atoms with Gasteiger partial charge in [-0.2, -0.15) is 0 Å². The molecule has 0 atom stereocenters. The van der Waals surface area contributed by atoms with Crippen molar-refractivity contribution < 1.29 is 4.79 Å². The van der Waals surface area contributed by atoms with Gasteiger partial charge in [0.25, 0.3) is 0 Å². The molecule has 0 rings (SSSR count). The van der Waals surface area contributed by atoms with Gasteiger partial charge < -0.3 is 4.79 Å². The van der Waals surface area contributed by atoms with Crippen LogP contribution in [0, 0.1) is 6.92 Å². The maximum Gasteiger partial charge on any atom is 0.119 e. The van der Waals surface area contributed by atoms with E-state index in [-0.39, 0.29) is 0 Å². The van der Waals surface area contributed by atoms with Crippen LogP contribution in [0.4, 0.5) is 0 Å². The molecule has 0 heterocycles. The molecule has 76 valence electrons. The summed E-state index contributed by atoms with van der Waals surface area (Å²) < 4.78 is 0. The van der Waals surface area contributed by atoms with Crippen molar-refractivity contribution in [2.45, 2.75) is 64.2 Å². The summed E-state index contributed by atoms with van der Waals surface area (Å²) in [7, 11) is 0. The molecular formula is C12H22O. The molecule has 13 heavy (non-hydrogen) atoms. The highest BCUT2D eigenvalue weighted by molar-refractivity contribution is 5.48. The summed E-state index contributed by atoms with van der Waals surface area (Å²) in [5.74, 6) is 0. The smallest absolute Gasteiger partial charge is 0.119 e. The van der Waals surface area contributed by atoms with Gasteiger partial charge in [0.05, 0.1) is 0 Å². The highest BCUT2D eigenvalue weighted by atomic mass is 16.1. The minimum absolute atomic E-state index is 0.743. The summed E-state index contributed by atoms with van der Waals surface area (Å²) in [5, 5.41) is 0. The second-order valence-corrected chi connectivity index (χ2v) is 3.57. The van der Waals surface area contributed by atoms with Gasteiger partial charge in [0.1, 0.15) is 6.29 Å². The number of hydrogen-bond donors (Lipinski definition) is 0. The lowest BCUT2D eigenvalue weighted by Crippen LogP contribution is -1.81. The molecule has 0 aliphatic heterocycles. The van der Waals surface area contributed by atoms with Crippen LogP contribution < -0.4 is 0 Å². The first kappa shape index (κ1) is 12.7. The molecule has 0 amide bonds. The minimum Gasteiger partial charge on any atom is -0.303 e. The van der Waals surface area contributed by atoms with Gasteiger partial charge in [0.2, 0.25) is 0 Å². The third kappa shape index (κ3) is 11.7. The SMILES string of the molecule is [CH]CCCCCCCCCCC=O. The Bertz CT molecular complexity index is 99.3. The van der Waals surface area contributed by atoms with Crippen molar-refractivity contribution in [3.63, 3.8) is 0 Å². The fourth-order valence-corrected chi connectivity index (χ4v) is 1.43. The van der Waals surface area contributed by atoms with E-state index in [1.807, 2.05) is 0 Å². The van der Waals surface area contributed by atoms with Crippen molar-refractivity contribution in [2.24, 2.45) is 0 Å². The van der Waals surface area contributed by atoms with E-state index < -0.39 is 0 Å². The van der Waals surface area contributed by atoms with E-state index in [9.17, 15) is 4.79 Å². The second-order valence-electron chi connectivity index (χ2n) is 3.57. The van der Waals surface area contributed by atoms with Crippen molar-refractivity contribution in [1.82, 2.24) is 0 Å². The Morgan fingerprint density at radius 1 is 0.769 bits per heavy atom. The molecule has 0 unspecified atom stereocenters. The van der Waals surface area contributed by atoms with Crippen LogP contribution >= 0.6 is 0 Å². The lowest BCUT2D eigenvalue weighted by molar-refractivity contribution is -0.107. The monoisotopic (exact) mass is 182 g/mol. The van der Waals surface area contributed by atoms with Gasteiger partial charge in [0, 0.05) is 6.42 Å². The third-order valence-corrected chi connectivity index (χ3v) is 2.28. The number of carbonyl (C=O) groups excluding carboxylic acids is 1. The van der Waals surface area contributed by atoms with Crippen LogP contribution in [0.1, 0.15) is 64.2 Å². The standard InChI is InChI=1S/C12H22O/c1-2-3-4-5-6-7-8-9-10-11-12-13/h1,12H,2-11H2. The first-order chi connectivity index (χ1) is 6.41. The Labute approximate surface area is 82.9 Å². The second kappa shape index (κ2) is 11.7. The number of aldehydes is 1. The van der Waals surface area contributed by atoms with Gasteiger partial charge in [-0.05, 0) is 19.8 Å². The summed E-state index contributed by atoms with van der Waals surface area (Å²) in [6.45, 7) is 5.39. The number of hydrogen-bond acceptors (Lipinski definition) is 1. The van der Waals surface area contributed by atoms with Crippen molar-refractivity contribution >= 4 is 6.29 Å². The van der Waals surface area contributed by atoms with Crippen molar-refractivity contribution in [2.75, 3.05) is 0 Å². The highest BCUT2D eigenvalue weighted by Gasteiger charge is 1.91. The summed E-state index contributed by atoms with van der Waals surface area (Å²) >= 11 is 0. The Morgan fingerprint density at radius 2 is 1.23 bits per heavy atom. The molecule has 0 aliphatic carbocycles. The van der Waals surface area contributed by atoms with Crippen LogP contribution in [0.5, 0.6) is 0 Å². The van der Waals surface area contributed by atoms with E-state index in [0.717, 1.165) is 25.5 Å². The van der Waals surface area contributed by atoms with E-state index >= 15 is 0 Å². The maximum absolute atomic E-state index is 10.0. The molecule has 0 N–H and O–H groups in total. The average molecular weight is 182 g/mol. The van der Waals surface area contributed by atoms with E-state index in [4.69, 9.17) is 6.92 Å². The molecule has 0 spiro atoms. The first-order valence-electron chi connectivity index (χ1n) is 5.55. The highest BCUT2D eigenvalue weighted by Crippen LogP contribution is 2.09. The maximum atomic E-state index is 10.0. The zero-order chi connectivity index (χ0) is 9.78. The summed E-state index contributed by atoms with van der Waals surface area (Å²) in [5.41, 5.74) is 0. The molecule has 0 aromatic rings.